The molecule has 1 rings (SSSR count). The van der Waals surface area contributed by atoms with Gasteiger partial charge in [0.05, 0.1) is 12.6 Å². The second-order valence-corrected chi connectivity index (χ2v) is 3.68. The quantitative estimate of drug-likeness (QED) is 0.653. The lowest BCUT2D eigenvalue weighted by molar-refractivity contribution is -0.133. The van der Waals surface area contributed by atoms with Crippen molar-refractivity contribution < 1.29 is 9.90 Å². The van der Waals surface area contributed by atoms with E-state index in [0.717, 1.165) is 26.2 Å². The van der Waals surface area contributed by atoms with Crippen molar-refractivity contribution in [3.8, 4) is 0 Å². The number of aliphatic hydroxyl groups excluding tert-OH is 1. The molecule has 0 aromatic heterocycles. The zero-order valence-corrected chi connectivity index (χ0v) is 9.87. The summed E-state index contributed by atoms with van der Waals surface area (Å²) in [7, 11) is 0. The Morgan fingerprint density at radius 2 is 1.93 bits per heavy atom. The second-order valence-electron chi connectivity index (χ2n) is 3.68. The van der Waals surface area contributed by atoms with Gasteiger partial charge >= 0.3 is 0 Å². The lowest BCUT2D eigenvalue weighted by Gasteiger charge is -2.35. The van der Waals surface area contributed by atoms with Gasteiger partial charge in [-0.15, -0.1) is 12.4 Å². The Morgan fingerprint density at radius 3 is 2.33 bits per heavy atom. The van der Waals surface area contributed by atoms with Crippen LogP contribution >= 0.6 is 12.4 Å². The van der Waals surface area contributed by atoms with Gasteiger partial charge in [-0.3, -0.25) is 9.69 Å². The van der Waals surface area contributed by atoms with Gasteiger partial charge in [0.2, 0.25) is 5.91 Å². The van der Waals surface area contributed by atoms with Crippen LogP contribution in [0.1, 0.15) is 6.92 Å². The zero-order chi connectivity index (χ0) is 10.6. The summed E-state index contributed by atoms with van der Waals surface area (Å²) >= 11 is 0. The lowest BCUT2D eigenvalue weighted by Crippen LogP contribution is -2.52. The van der Waals surface area contributed by atoms with Crippen LogP contribution in [0.3, 0.4) is 0 Å². The number of hydrogen-bond donors (Lipinski definition) is 2. The number of amides is 1. The highest BCUT2D eigenvalue weighted by Crippen LogP contribution is 2.02. The molecule has 0 aromatic carbocycles. The molecule has 15 heavy (non-hydrogen) atoms. The van der Waals surface area contributed by atoms with Crippen LogP contribution in [0.15, 0.2) is 0 Å². The van der Waals surface area contributed by atoms with Crippen molar-refractivity contribution >= 4 is 18.3 Å². The molecule has 1 amide bonds. The van der Waals surface area contributed by atoms with Gasteiger partial charge < -0.3 is 15.7 Å². The maximum Gasteiger partial charge on any atom is 0.239 e. The summed E-state index contributed by atoms with van der Waals surface area (Å²) in [4.78, 5) is 15.4. The Bertz CT molecular complexity index is 194. The fraction of sp³-hybridized carbons (Fsp3) is 0.889. The minimum atomic E-state index is -0.403. The number of nitrogens with two attached hydrogens (primary N) is 1. The molecule has 90 valence electrons. The number of carbonyl (C=O) groups is 1. The molecule has 0 spiro atoms. The van der Waals surface area contributed by atoms with E-state index in [1.165, 1.54) is 0 Å². The number of rotatable bonds is 3. The first-order valence-electron chi connectivity index (χ1n) is 5.02. The van der Waals surface area contributed by atoms with E-state index in [4.69, 9.17) is 10.8 Å². The fourth-order valence-electron chi connectivity index (χ4n) is 1.62. The Kier molecular flexibility index (Phi) is 6.84. The van der Waals surface area contributed by atoms with Gasteiger partial charge in [0.15, 0.2) is 0 Å². The van der Waals surface area contributed by atoms with Crippen LogP contribution in [0.2, 0.25) is 0 Å². The molecular weight excluding hydrogens is 218 g/mol. The monoisotopic (exact) mass is 237 g/mol. The highest BCUT2D eigenvalue weighted by molar-refractivity contribution is 5.85. The molecule has 0 saturated carbocycles. The smallest absolute Gasteiger partial charge is 0.239 e. The van der Waals surface area contributed by atoms with Crippen LogP contribution in [0, 0.1) is 0 Å². The lowest BCUT2D eigenvalue weighted by atomic mass is 10.2. The first kappa shape index (κ1) is 14.6. The van der Waals surface area contributed by atoms with Crippen molar-refractivity contribution in [1.82, 2.24) is 9.80 Å². The summed E-state index contributed by atoms with van der Waals surface area (Å²) in [5.41, 5.74) is 5.52. The van der Waals surface area contributed by atoms with Crippen LogP contribution < -0.4 is 5.73 Å². The summed E-state index contributed by atoms with van der Waals surface area (Å²) in [6.45, 7) is 5.70. The average Bonchev–Trinajstić information content (AvgIpc) is 2.18. The Hall–Kier alpha value is -0.360. The second kappa shape index (κ2) is 7.00. The molecule has 1 saturated heterocycles. The van der Waals surface area contributed by atoms with E-state index in [1.807, 2.05) is 0 Å². The summed E-state index contributed by atoms with van der Waals surface area (Å²) < 4.78 is 0. The van der Waals surface area contributed by atoms with Gasteiger partial charge in [0.1, 0.15) is 0 Å². The van der Waals surface area contributed by atoms with Gasteiger partial charge in [-0.1, -0.05) is 0 Å². The molecule has 6 heteroatoms. The zero-order valence-electron chi connectivity index (χ0n) is 9.06. The van der Waals surface area contributed by atoms with E-state index in [2.05, 4.69) is 4.90 Å². The average molecular weight is 238 g/mol. The summed E-state index contributed by atoms with van der Waals surface area (Å²) in [5, 5.41) is 8.74. The molecular formula is C9H20ClN3O2. The number of aliphatic hydroxyl groups is 1. The first-order valence-corrected chi connectivity index (χ1v) is 5.02. The van der Waals surface area contributed by atoms with Crippen molar-refractivity contribution in [3.05, 3.63) is 0 Å². The van der Waals surface area contributed by atoms with Crippen molar-refractivity contribution in [2.45, 2.75) is 13.0 Å². The number of hydrogen-bond acceptors (Lipinski definition) is 4. The van der Waals surface area contributed by atoms with Crippen LogP contribution in [0.5, 0.6) is 0 Å². The van der Waals surface area contributed by atoms with Gasteiger partial charge in [0.25, 0.3) is 0 Å². The van der Waals surface area contributed by atoms with E-state index in [1.54, 1.807) is 11.8 Å². The Labute approximate surface area is 96.6 Å². The van der Waals surface area contributed by atoms with Crippen LogP contribution in [-0.2, 0) is 4.79 Å². The molecule has 0 unspecified atom stereocenters. The maximum atomic E-state index is 11.5. The molecule has 0 aromatic rings. The topological polar surface area (TPSA) is 69.8 Å². The van der Waals surface area contributed by atoms with Crippen LogP contribution in [0.4, 0.5) is 0 Å². The van der Waals surface area contributed by atoms with Crippen molar-refractivity contribution in [3.63, 3.8) is 0 Å². The standard InChI is InChI=1S/C9H19N3O2.ClH/c1-8(10)9(14)12-4-2-11(3-5-12)6-7-13;/h8,13H,2-7,10H2,1H3;1H/t8-;/m0./s1. The van der Waals surface area contributed by atoms with E-state index < -0.39 is 6.04 Å². The van der Waals surface area contributed by atoms with Crippen molar-refractivity contribution in [2.24, 2.45) is 5.73 Å². The summed E-state index contributed by atoms with van der Waals surface area (Å²) in [6, 6.07) is -0.403. The number of piperazine rings is 1. The Balaban J connectivity index is 0.00000196. The van der Waals surface area contributed by atoms with E-state index in [-0.39, 0.29) is 24.9 Å². The predicted octanol–water partition coefficient (Wildman–Crippen LogP) is -1.11. The molecule has 1 aliphatic heterocycles. The number of carbonyl (C=O) groups excluding carboxylic acids is 1. The minimum Gasteiger partial charge on any atom is -0.395 e. The van der Waals surface area contributed by atoms with Gasteiger partial charge in [0, 0.05) is 32.7 Å². The fourth-order valence-corrected chi connectivity index (χ4v) is 1.62. The molecule has 1 atom stereocenters. The number of nitrogens with zero attached hydrogens (tertiary/aromatic N) is 2. The van der Waals surface area contributed by atoms with E-state index in [0.29, 0.717) is 6.54 Å². The predicted molar refractivity (Wildman–Crippen MR) is 61.0 cm³/mol. The normalized spacial score (nSPS) is 19.5. The molecule has 5 nitrogen and oxygen atoms in total. The molecule has 3 N–H and O–H groups in total. The van der Waals surface area contributed by atoms with Gasteiger partial charge in [-0.05, 0) is 6.92 Å². The third-order valence-electron chi connectivity index (χ3n) is 2.49. The van der Waals surface area contributed by atoms with Crippen LogP contribution in [-0.4, -0.2) is 66.2 Å². The first-order chi connectivity index (χ1) is 6.65. The van der Waals surface area contributed by atoms with Crippen molar-refractivity contribution in [1.29, 1.82) is 0 Å². The summed E-state index contributed by atoms with van der Waals surface area (Å²) in [6.07, 6.45) is 0. The third kappa shape index (κ3) is 4.34. The van der Waals surface area contributed by atoms with Crippen molar-refractivity contribution in [2.75, 3.05) is 39.3 Å². The Morgan fingerprint density at radius 1 is 1.40 bits per heavy atom. The molecule has 0 bridgehead atoms. The molecule has 0 aliphatic carbocycles. The largest absolute Gasteiger partial charge is 0.395 e. The van der Waals surface area contributed by atoms with Gasteiger partial charge in [-0.25, -0.2) is 0 Å². The van der Waals surface area contributed by atoms with Crippen LogP contribution in [0.25, 0.3) is 0 Å². The molecule has 1 heterocycles. The highest BCUT2D eigenvalue weighted by Gasteiger charge is 2.22. The summed E-state index contributed by atoms with van der Waals surface area (Å²) in [5.74, 6) is 0.0219. The molecule has 1 aliphatic rings. The molecule has 1 fully saturated rings. The third-order valence-corrected chi connectivity index (χ3v) is 2.49. The van der Waals surface area contributed by atoms with E-state index in [9.17, 15) is 4.79 Å². The van der Waals surface area contributed by atoms with Gasteiger partial charge in [-0.2, -0.15) is 0 Å². The highest BCUT2D eigenvalue weighted by atomic mass is 35.5. The minimum absolute atomic E-state index is 0. The number of halogens is 1. The number of β-amino-alcohol motifs (C(OH)–C–C–N with tert-alkyl or cyclic N) is 1. The molecule has 0 radical (unpaired) electrons. The SMILES string of the molecule is C[C@H](N)C(=O)N1CCN(CCO)CC1.Cl. The maximum absolute atomic E-state index is 11.5. The van der Waals surface area contributed by atoms with E-state index >= 15 is 0 Å².